The Hall–Kier alpha value is -3.65. The number of amides is 2. The van der Waals surface area contributed by atoms with Crippen LogP contribution >= 0.6 is 0 Å². The van der Waals surface area contributed by atoms with Gasteiger partial charge in [0.1, 0.15) is 19.3 Å². The van der Waals surface area contributed by atoms with Crippen LogP contribution in [-0.4, -0.2) is 47.4 Å². The van der Waals surface area contributed by atoms with E-state index in [0.29, 0.717) is 17.7 Å². The predicted molar refractivity (Wildman–Crippen MR) is 118 cm³/mol. The molecule has 8 heteroatoms. The standard InChI is InChI=1S/C24H26N2O6/c1-2-13-31-23(29)26(21(22(27)28)11-6-12-25)24(30)32-15-17-8-5-10-19-18-9-4-3-7-16(18)14-20(17)19/h2-5,7-10,21H,1,6,11-15,25H2,(H,27,28). The summed E-state index contributed by atoms with van der Waals surface area (Å²) in [4.78, 5) is 37.6. The Labute approximate surface area is 186 Å². The summed E-state index contributed by atoms with van der Waals surface area (Å²) in [6.07, 6.45) is 0.127. The van der Waals surface area contributed by atoms with Crippen LogP contribution in [0, 0.1) is 0 Å². The maximum absolute atomic E-state index is 12.8. The van der Waals surface area contributed by atoms with Crippen molar-refractivity contribution >= 4 is 18.2 Å². The maximum Gasteiger partial charge on any atom is 0.420 e. The van der Waals surface area contributed by atoms with E-state index >= 15 is 0 Å². The molecule has 1 aliphatic rings. The first-order valence-electron chi connectivity index (χ1n) is 10.3. The zero-order valence-electron chi connectivity index (χ0n) is 17.7. The topological polar surface area (TPSA) is 119 Å². The third-order valence-corrected chi connectivity index (χ3v) is 5.30. The summed E-state index contributed by atoms with van der Waals surface area (Å²) in [5, 5.41) is 9.59. The number of carboxylic acid groups (broad SMARTS) is 1. The van der Waals surface area contributed by atoms with E-state index in [4.69, 9.17) is 15.2 Å². The first kappa shape index (κ1) is 23.0. The number of imide groups is 1. The van der Waals surface area contributed by atoms with Gasteiger partial charge in [0, 0.05) is 0 Å². The molecular weight excluding hydrogens is 412 g/mol. The quantitative estimate of drug-likeness (QED) is 0.489. The largest absolute Gasteiger partial charge is 0.480 e. The minimum Gasteiger partial charge on any atom is -0.480 e. The number of hydrogen-bond donors (Lipinski definition) is 2. The molecule has 2 amide bonds. The molecule has 0 fully saturated rings. The number of carbonyl (C=O) groups is 3. The van der Waals surface area contributed by atoms with Gasteiger partial charge in [-0.15, -0.1) is 0 Å². The van der Waals surface area contributed by atoms with Gasteiger partial charge in [-0.25, -0.2) is 14.4 Å². The minimum atomic E-state index is -1.45. The molecule has 8 nitrogen and oxygen atoms in total. The molecule has 2 aromatic rings. The molecule has 2 aromatic carbocycles. The van der Waals surface area contributed by atoms with Gasteiger partial charge in [-0.1, -0.05) is 55.1 Å². The normalized spacial score (nSPS) is 12.3. The highest BCUT2D eigenvalue weighted by Crippen LogP contribution is 2.38. The van der Waals surface area contributed by atoms with Crippen LogP contribution in [-0.2, 0) is 27.3 Å². The van der Waals surface area contributed by atoms with Crippen molar-refractivity contribution in [3.63, 3.8) is 0 Å². The van der Waals surface area contributed by atoms with Gasteiger partial charge in [0.15, 0.2) is 0 Å². The van der Waals surface area contributed by atoms with Crippen molar-refractivity contribution in [1.29, 1.82) is 0 Å². The number of nitrogens with zero attached hydrogens (tertiary/aromatic N) is 1. The zero-order valence-corrected chi connectivity index (χ0v) is 17.7. The van der Waals surface area contributed by atoms with E-state index in [2.05, 4.69) is 12.6 Å². The van der Waals surface area contributed by atoms with Crippen molar-refractivity contribution in [3.05, 3.63) is 71.8 Å². The van der Waals surface area contributed by atoms with Gasteiger partial charge in [0.05, 0.1) is 0 Å². The Morgan fingerprint density at radius 2 is 1.81 bits per heavy atom. The lowest BCUT2D eigenvalue weighted by Gasteiger charge is -2.25. The molecule has 1 unspecified atom stereocenters. The number of carboxylic acids is 1. The number of rotatable bonds is 9. The van der Waals surface area contributed by atoms with Crippen molar-refractivity contribution in [2.24, 2.45) is 5.73 Å². The molecule has 1 atom stereocenters. The highest BCUT2D eigenvalue weighted by Gasteiger charge is 2.37. The molecule has 0 aromatic heterocycles. The Morgan fingerprint density at radius 3 is 2.53 bits per heavy atom. The minimum absolute atomic E-state index is 0.0137. The summed E-state index contributed by atoms with van der Waals surface area (Å²) in [6.45, 7) is 3.38. The van der Waals surface area contributed by atoms with E-state index in [1.54, 1.807) is 0 Å². The molecule has 0 aliphatic heterocycles. The number of hydrogen-bond acceptors (Lipinski definition) is 6. The molecule has 0 saturated carbocycles. The van der Waals surface area contributed by atoms with Crippen LogP contribution in [0.25, 0.3) is 11.1 Å². The third kappa shape index (κ3) is 4.97. The van der Waals surface area contributed by atoms with Gasteiger partial charge in [0.25, 0.3) is 0 Å². The third-order valence-electron chi connectivity index (χ3n) is 5.30. The average Bonchev–Trinajstić information content (AvgIpc) is 3.17. The van der Waals surface area contributed by atoms with Crippen LogP contribution in [0.3, 0.4) is 0 Å². The fraction of sp³-hybridized carbons (Fsp3) is 0.292. The Morgan fingerprint density at radius 1 is 1.09 bits per heavy atom. The van der Waals surface area contributed by atoms with Crippen molar-refractivity contribution in [3.8, 4) is 11.1 Å². The van der Waals surface area contributed by atoms with Crippen LogP contribution in [0.2, 0.25) is 0 Å². The second kappa shape index (κ2) is 10.6. The van der Waals surface area contributed by atoms with Gasteiger partial charge in [-0.05, 0) is 53.6 Å². The molecule has 0 spiro atoms. The fourth-order valence-electron chi connectivity index (χ4n) is 3.77. The Bertz CT molecular complexity index is 1020. The van der Waals surface area contributed by atoms with Crippen LogP contribution in [0.4, 0.5) is 9.59 Å². The Kier molecular flexibility index (Phi) is 7.62. The van der Waals surface area contributed by atoms with E-state index < -0.39 is 24.2 Å². The van der Waals surface area contributed by atoms with Gasteiger partial charge in [-0.3, -0.25) is 0 Å². The molecule has 1 aliphatic carbocycles. The van der Waals surface area contributed by atoms with Crippen molar-refractivity contribution in [2.45, 2.75) is 31.9 Å². The molecule has 0 saturated heterocycles. The summed E-state index contributed by atoms with van der Waals surface area (Å²) in [7, 11) is 0. The number of aliphatic carboxylic acids is 1. The first-order valence-corrected chi connectivity index (χ1v) is 10.3. The Balaban J connectivity index is 1.79. The van der Waals surface area contributed by atoms with Gasteiger partial charge in [0.2, 0.25) is 0 Å². The SMILES string of the molecule is C=CCOC(=O)N(C(=O)OCc1cccc2c1Cc1ccccc1-2)C(CCCN)C(=O)O. The van der Waals surface area contributed by atoms with Crippen molar-refractivity contribution < 1.29 is 29.0 Å². The van der Waals surface area contributed by atoms with E-state index in [0.717, 1.165) is 22.3 Å². The van der Waals surface area contributed by atoms with E-state index in [-0.39, 0.29) is 26.2 Å². The number of nitrogens with two attached hydrogens (primary N) is 1. The van der Waals surface area contributed by atoms with Crippen LogP contribution in [0.5, 0.6) is 0 Å². The number of ether oxygens (including phenoxy) is 2. The number of benzene rings is 2. The maximum atomic E-state index is 12.8. The molecule has 3 rings (SSSR count). The predicted octanol–water partition coefficient (Wildman–Crippen LogP) is 3.71. The summed E-state index contributed by atoms with van der Waals surface area (Å²) >= 11 is 0. The van der Waals surface area contributed by atoms with Gasteiger partial charge < -0.3 is 20.3 Å². The lowest BCUT2D eigenvalue weighted by Crippen LogP contribution is -2.49. The summed E-state index contributed by atoms with van der Waals surface area (Å²) in [5.74, 6) is -1.35. The molecule has 0 bridgehead atoms. The number of carbonyl (C=O) groups excluding carboxylic acids is 2. The molecular formula is C24H26N2O6. The molecule has 168 valence electrons. The zero-order chi connectivity index (χ0) is 23.1. The van der Waals surface area contributed by atoms with E-state index in [9.17, 15) is 19.5 Å². The van der Waals surface area contributed by atoms with Crippen LogP contribution in [0.1, 0.15) is 29.5 Å². The second-order valence-corrected chi connectivity index (χ2v) is 7.35. The monoisotopic (exact) mass is 438 g/mol. The molecule has 0 radical (unpaired) electrons. The summed E-state index contributed by atoms with van der Waals surface area (Å²) in [5.41, 5.74) is 10.7. The van der Waals surface area contributed by atoms with Gasteiger partial charge >= 0.3 is 18.2 Å². The number of fused-ring (bicyclic) bond motifs is 3. The van der Waals surface area contributed by atoms with Crippen molar-refractivity contribution in [2.75, 3.05) is 13.2 Å². The lowest BCUT2D eigenvalue weighted by molar-refractivity contribution is -0.142. The summed E-state index contributed by atoms with van der Waals surface area (Å²) < 4.78 is 10.3. The fourth-order valence-corrected chi connectivity index (χ4v) is 3.77. The highest BCUT2D eigenvalue weighted by atomic mass is 16.6. The molecule has 32 heavy (non-hydrogen) atoms. The highest BCUT2D eigenvalue weighted by molar-refractivity contribution is 5.93. The van der Waals surface area contributed by atoms with E-state index in [1.807, 2.05) is 36.4 Å². The molecule has 3 N–H and O–H groups in total. The first-order chi connectivity index (χ1) is 15.5. The second-order valence-electron chi connectivity index (χ2n) is 7.35. The van der Waals surface area contributed by atoms with Crippen molar-refractivity contribution in [1.82, 2.24) is 4.90 Å². The average molecular weight is 438 g/mol. The lowest BCUT2D eigenvalue weighted by atomic mass is 10.0. The van der Waals surface area contributed by atoms with E-state index in [1.165, 1.54) is 11.6 Å². The van der Waals surface area contributed by atoms with Gasteiger partial charge in [-0.2, -0.15) is 4.90 Å². The van der Waals surface area contributed by atoms with Crippen LogP contribution in [0.15, 0.2) is 55.1 Å². The van der Waals surface area contributed by atoms with Crippen LogP contribution < -0.4 is 5.73 Å². The smallest absolute Gasteiger partial charge is 0.420 e. The summed E-state index contributed by atoms with van der Waals surface area (Å²) in [6, 6.07) is 12.3. The molecule has 0 heterocycles.